The van der Waals surface area contributed by atoms with Crippen molar-refractivity contribution >= 4 is 18.3 Å². The van der Waals surface area contributed by atoms with Gasteiger partial charge in [-0.2, -0.15) is 0 Å². The molecule has 0 bridgehead atoms. The average Bonchev–Trinajstić information content (AvgIpc) is 2.81. The van der Waals surface area contributed by atoms with Gasteiger partial charge in [0.1, 0.15) is 0 Å². The van der Waals surface area contributed by atoms with Gasteiger partial charge in [-0.1, -0.05) is 43.5 Å². The number of hydrogen-bond acceptors (Lipinski definition) is 2. The maximum Gasteiger partial charge on any atom is 0.225 e. The van der Waals surface area contributed by atoms with E-state index >= 15 is 0 Å². The molecule has 1 amide bonds. The van der Waals surface area contributed by atoms with E-state index in [4.69, 9.17) is 0 Å². The zero-order valence-corrected chi connectivity index (χ0v) is 15.3. The summed E-state index contributed by atoms with van der Waals surface area (Å²) in [6, 6.07) is 9.29. The average molecular weight is 349 g/mol. The molecule has 1 unspecified atom stereocenters. The number of carbonyl (C=O) groups excluding carboxylic acids is 1. The van der Waals surface area contributed by atoms with Crippen molar-refractivity contribution in [3.05, 3.63) is 35.4 Å². The van der Waals surface area contributed by atoms with Crippen LogP contribution in [0.4, 0.5) is 0 Å². The van der Waals surface area contributed by atoms with Gasteiger partial charge in [0, 0.05) is 25.6 Å². The summed E-state index contributed by atoms with van der Waals surface area (Å²) in [5.74, 6) is 0.738. The van der Waals surface area contributed by atoms with Gasteiger partial charge in [0.2, 0.25) is 5.91 Å². The maximum absolute atomic E-state index is 12.9. The monoisotopic (exact) mass is 348 g/mol. The fraction of sp³-hybridized carbons (Fsp3) is 0.650. The number of carbonyl (C=O) groups is 1. The molecule has 4 rings (SSSR count). The number of aryl methyl sites for hydroxylation is 1. The Morgan fingerprint density at radius 1 is 0.958 bits per heavy atom. The van der Waals surface area contributed by atoms with Crippen molar-refractivity contribution in [2.24, 2.45) is 5.92 Å². The number of piperazine rings is 1. The number of hydrogen-bond donors (Lipinski definition) is 0. The van der Waals surface area contributed by atoms with Gasteiger partial charge in [-0.05, 0) is 43.4 Å². The molecule has 1 aliphatic carbocycles. The molecule has 2 fully saturated rings. The lowest BCUT2D eigenvalue weighted by molar-refractivity contribution is -0.139. The summed E-state index contributed by atoms with van der Waals surface area (Å²) in [6.07, 6.45) is 8.43. The SMILES string of the molecule is Cl.O=C(C1CCCCC1)N1CCN2CCCc3ccccc3C2C1. The highest BCUT2D eigenvalue weighted by Crippen LogP contribution is 2.33. The molecular weight excluding hydrogens is 320 g/mol. The van der Waals surface area contributed by atoms with Crippen molar-refractivity contribution < 1.29 is 4.79 Å². The molecule has 0 spiro atoms. The second-order valence-corrected chi connectivity index (χ2v) is 7.47. The van der Waals surface area contributed by atoms with Crippen molar-refractivity contribution in [3.8, 4) is 0 Å². The first-order chi connectivity index (χ1) is 11.3. The Morgan fingerprint density at radius 3 is 2.58 bits per heavy atom. The van der Waals surface area contributed by atoms with E-state index in [-0.39, 0.29) is 12.4 Å². The van der Waals surface area contributed by atoms with Gasteiger partial charge in [0.15, 0.2) is 0 Å². The molecule has 132 valence electrons. The summed E-state index contributed by atoms with van der Waals surface area (Å²) in [5, 5.41) is 0. The molecule has 2 aliphatic heterocycles. The van der Waals surface area contributed by atoms with Crippen LogP contribution < -0.4 is 0 Å². The Morgan fingerprint density at radius 2 is 1.75 bits per heavy atom. The van der Waals surface area contributed by atoms with Crippen LogP contribution in [0, 0.1) is 5.92 Å². The Kier molecular flexibility index (Phi) is 5.83. The van der Waals surface area contributed by atoms with E-state index in [9.17, 15) is 4.79 Å². The van der Waals surface area contributed by atoms with Crippen LogP contribution in [0.15, 0.2) is 24.3 Å². The van der Waals surface area contributed by atoms with Crippen LogP contribution >= 0.6 is 12.4 Å². The Bertz CT molecular complexity index is 571. The van der Waals surface area contributed by atoms with Gasteiger partial charge in [-0.25, -0.2) is 0 Å². The highest BCUT2D eigenvalue weighted by atomic mass is 35.5. The molecule has 24 heavy (non-hydrogen) atoms. The normalized spacial score (nSPS) is 25.2. The van der Waals surface area contributed by atoms with Gasteiger partial charge in [0.05, 0.1) is 6.04 Å². The third-order valence-corrected chi connectivity index (χ3v) is 6.06. The summed E-state index contributed by atoms with van der Waals surface area (Å²) in [7, 11) is 0. The third kappa shape index (κ3) is 3.48. The Hall–Kier alpha value is -1.06. The largest absolute Gasteiger partial charge is 0.339 e. The van der Waals surface area contributed by atoms with Crippen LogP contribution in [0.3, 0.4) is 0 Å². The number of benzene rings is 1. The summed E-state index contributed by atoms with van der Waals surface area (Å²) < 4.78 is 0. The van der Waals surface area contributed by atoms with Crippen LogP contribution in [-0.4, -0.2) is 41.9 Å². The number of rotatable bonds is 1. The first-order valence-corrected chi connectivity index (χ1v) is 9.43. The molecule has 1 saturated carbocycles. The number of amides is 1. The van der Waals surface area contributed by atoms with Crippen molar-refractivity contribution in [2.75, 3.05) is 26.2 Å². The van der Waals surface area contributed by atoms with Gasteiger partial charge >= 0.3 is 0 Å². The predicted molar refractivity (Wildman–Crippen MR) is 99.5 cm³/mol. The molecule has 0 N–H and O–H groups in total. The minimum absolute atomic E-state index is 0. The quantitative estimate of drug-likeness (QED) is 0.770. The highest BCUT2D eigenvalue weighted by molar-refractivity contribution is 5.85. The highest BCUT2D eigenvalue weighted by Gasteiger charge is 2.35. The predicted octanol–water partition coefficient (Wildman–Crippen LogP) is 3.82. The van der Waals surface area contributed by atoms with Crippen LogP contribution in [0.1, 0.15) is 55.7 Å². The van der Waals surface area contributed by atoms with Gasteiger partial charge in [-0.15, -0.1) is 12.4 Å². The van der Waals surface area contributed by atoms with Gasteiger partial charge in [0.25, 0.3) is 0 Å². The first kappa shape index (κ1) is 17.8. The molecule has 3 aliphatic rings. The Balaban J connectivity index is 0.00000169. The molecule has 1 saturated heterocycles. The summed E-state index contributed by atoms with van der Waals surface area (Å²) >= 11 is 0. The van der Waals surface area contributed by atoms with E-state index in [1.54, 1.807) is 0 Å². The fourth-order valence-electron chi connectivity index (χ4n) is 4.75. The second kappa shape index (κ2) is 7.88. The molecule has 1 atom stereocenters. The van der Waals surface area contributed by atoms with E-state index in [2.05, 4.69) is 34.1 Å². The topological polar surface area (TPSA) is 23.6 Å². The zero-order valence-electron chi connectivity index (χ0n) is 14.5. The summed E-state index contributed by atoms with van der Waals surface area (Å²) in [6.45, 7) is 4.03. The number of fused-ring (bicyclic) bond motifs is 3. The van der Waals surface area contributed by atoms with Crippen LogP contribution in [-0.2, 0) is 11.2 Å². The van der Waals surface area contributed by atoms with Crippen LogP contribution in [0.2, 0.25) is 0 Å². The third-order valence-electron chi connectivity index (χ3n) is 6.06. The standard InChI is InChI=1S/C20H28N2O.ClH/c23-20(17-8-2-1-3-9-17)22-14-13-21-12-6-10-16-7-4-5-11-18(16)19(21)15-22;/h4-5,7,11,17,19H,1-3,6,8-10,12-15H2;1H. The lowest BCUT2D eigenvalue weighted by Gasteiger charge is -2.42. The Labute approximate surface area is 151 Å². The molecule has 2 heterocycles. The molecule has 3 nitrogen and oxygen atoms in total. The molecule has 0 radical (unpaired) electrons. The smallest absolute Gasteiger partial charge is 0.225 e. The lowest BCUT2D eigenvalue weighted by Crippen LogP contribution is -2.51. The van der Waals surface area contributed by atoms with E-state index in [1.165, 1.54) is 49.8 Å². The van der Waals surface area contributed by atoms with Crippen molar-refractivity contribution in [1.29, 1.82) is 0 Å². The molecular formula is C20H29ClN2O. The fourth-order valence-corrected chi connectivity index (χ4v) is 4.75. The van der Waals surface area contributed by atoms with E-state index < -0.39 is 0 Å². The maximum atomic E-state index is 12.9. The van der Waals surface area contributed by atoms with Crippen molar-refractivity contribution in [3.63, 3.8) is 0 Å². The minimum atomic E-state index is 0. The summed E-state index contributed by atoms with van der Waals surface area (Å²) in [5.41, 5.74) is 2.96. The first-order valence-electron chi connectivity index (χ1n) is 9.43. The zero-order chi connectivity index (χ0) is 15.6. The van der Waals surface area contributed by atoms with Gasteiger partial charge < -0.3 is 4.90 Å². The van der Waals surface area contributed by atoms with Crippen LogP contribution in [0.5, 0.6) is 0 Å². The van der Waals surface area contributed by atoms with Crippen LogP contribution in [0.25, 0.3) is 0 Å². The number of halogens is 1. The van der Waals surface area contributed by atoms with Gasteiger partial charge in [-0.3, -0.25) is 9.69 Å². The van der Waals surface area contributed by atoms with Crippen molar-refractivity contribution in [2.45, 2.75) is 51.0 Å². The lowest BCUT2D eigenvalue weighted by atomic mass is 9.87. The minimum Gasteiger partial charge on any atom is -0.339 e. The van der Waals surface area contributed by atoms with E-state index in [0.717, 1.165) is 32.5 Å². The molecule has 1 aromatic rings. The summed E-state index contributed by atoms with van der Waals surface area (Å²) in [4.78, 5) is 17.7. The second-order valence-electron chi connectivity index (χ2n) is 7.47. The molecule has 0 aromatic heterocycles. The van der Waals surface area contributed by atoms with E-state index in [0.29, 0.717) is 17.9 Å². The van der Waals surface area contributed by atoms with E-state index in [1.807, 2.05) is 0 Å². The molecule has 4 heteroatoms. The number of nitrogens with zero attached hydrogens (tertiary/aromatic N) is 2. The van der Waals surface area contributed by atoms with Crippen molar-refractivity contribution in [1.82, 2.24) is 9.80 Å². The molecule has 1 aromatic carbocycles.